The molecule has 4 nitrogen and oxygen atoms in total. The quantitative estimate of drug-likeness (QED) is 0.777. The third kappa shape index (κ3) is 4.93. The first-order chi connectivity index (χ1) is 11.3. The molecule has 0 aromatic carbocycles. The van der Waals surface area contributed by atoms with Crippen molar-refractivity contribution in [2.75, 3.05) is 13.1 Å². The fourth-order valence-corrected chi connectivity index (χ4v) is 4.00. The van der Waals surface area contributed by atoms with Gasteiger partial charge in [0.05, 0.1) is 0 Å². The van der Waals surface area contributed by atoms with Crippen LogP contribution >= 0.6 is 11.3 Å². The summed E-state index contributed by atoms with van der Waals surface area (Å²) in [7, 11) is 0. The summed E-state index contributed by atoms with van der Waals surface area (Å²) in [5, 5.41) is 6.35. The number of aromatic nitrogens is 2. The van der Waals surface area contributed by atoms with Crippen molar-refractivity contribution >= 4 is 17.2 Å². The molecule has 1 aliphatic rings. The number of piperidine rings is 1. The van der Waals surface area contributed by atoms with Crippen LogP contribution < -0.4 is 0 Å². The highest BCUT2D eigenvalue weighted by atomic mass is 32.1. The SMILES string of the molecule is O=C(CCCc1cccs1)N1CCC(CCn2cccn2)CC1. The smallest absolute Gasteiger partial charge is 0.222 e. The van der Waals surface area contributed by atoms with Crippen LogP contribution in [0.25, 0.3) is 0 Å². The Balaban J connectivity index is 1.32. The predicted octanol–water partition coefficient (Wildman–Crippen LogP) is 3.60. The Morgan fingerprint density at radius 1 is 1.30 bits per heavy atom. The molecule has 0 bridgehead atoms. The normalized spacial score (nSPS) is 15.9. The lowest BCUT2D eigenvalue weighted by Crippen LogP contribution is -2.38. The predicted molar refractivity (Wildman–Crippen MR) is 93.4 cm³/mol. The Bertz CT molecular complexity index is 571. The maximum atomic E-state index is 12.3. The van der Waals surface area contributed by atoms with Gasteiger partial charge in [-0.15, -0.1) is 11.3 Å². The lowest BCUT2D eigenvalue weighted by Gasteiger charge is -2.32. The summed E-state index contributed by atoms with van der Waals surface area (Å²) in [6, 6.07) is 6.20. The molecule has 1 fully saturated rings. The van der Waals surface area contributed by atoms with Crippen molar-refractivity contribution in [1.29, 1.82) is 0 Å². The van der Waals surface area contributed by atoms with Gasteiger partial charge in [-0.1, -0.05) is 6.07 Å². The van der Waals surface area contributed by atoms with E-state index in [0.717, 1.165) is 51.2 Å². The summed E-state index contributed by atoms with van der Waals surface area (Å²) in [5.41, 5.74) is 0. The number of hydrogen-bond donors (Lipinski definition) is 0. The Morgan fingerprint density at radius 2 is 2.17 bits per heavy atom. The van der Waals surface area contributed by atoms with E-state index in [9.17, 15) is 4.79 Å². The van der Waals surface area contributed by atoms with Crippen LogP contribution in [0.3, 0.4) is 0 Å². The molecular formula is C18H25N3OS. The number of carbonyl (C=O) groups is 1. The zero-order chi connectivity index (χ0) is 15.9. The molecule has 124 valence electrons. The molecule has 0 saturated carbocycles. The van der Waals surface area contributed by atoms with E-state index in [2.05, 4.69) is 27.5 Å². The molecule has 1 aliphatic heterocycles. The van der Waals surface area contributed by atoms with Crippen LogP contribution in [0.5, 0.6) is 0 Å². The van der Waals surface area contributed by atoms with E-state index in [1.165, 1.54) is 11.3 Å². The molecule has 3 rings (SSSR count). The van der Waals surface area contributed by atoms with Crippen molar-refractivity contribution in [2.45, 2.75) is 45.1 Å². The van der Waals surface area contributed by atoms with Crippen LogP contribution in [0.1, 0.15) is 37.0 Å². The molecule has 3 heterocycles. The van der Waals surface area contributed by atoms with E-state index < -0.39 is 0 Å². The summed E-state index contributed by atoms with van der Waals surface area (Å²) in [6.45, 7) is 2.86. The highest BCUT2D eigenvalue weighted by molar-refractivity contribution is 7.09. The van der Waals surface area contributed by atoms with E-state index in [1.807, 2.05) is 23.1 Å². The molecule has 2 aromatic rings. The molecule has 23 heavy (non-hydrogen) atoms. The standard InChI is InChI=1S/C18H25N3OS/c22-18(6-1-4-17-5-2-15-23-17)20-12-7-16(8-13-20)9-14-21-11-3-10-19-21/h2-3,5,10-11,15-16H,1,4,6-9,12-14H2. The van der Waals surface area contributed by atoms with Crippen molar-refractivity contribution < 1.29 is 4.79 Å². The second kappa shape index (κ2) is 8.29. The molecule has 0 atom stereocenters. The number of nitrogens with zero attached hydrogens (tertiary/aromatic N) is 3. The van der Waals surface area contributed by atoms with Crippen molar-refractivity contribution in [2.24, 2.45) is 5.92 Å². The van der Waals surface area contributed by atoms with Gasteiger partial charge in [0, 0.05) is 43.3 Å². The van der Waals surface area contributed by atoms with Crippen molar-refractivity contribution in [3.05, 3.63) is 40.8 Å². The summed E-state index contributed by atoms with van der Waals surface area (Å²) in [6.07, 6.45) is 9.99. The third-order valence-electron chi connectivity index (χ3n) is 4.69. The van der Waals surface area contributed by atoms with Crippen LogP contribution in [0.2, 0.25) is 0 Å². The molecule has 0 unspecified atom stereocenters. The number of thiophene rings is 1. The van der Waals surface area contributed by atoms with E-state index >= 15 is 0 Å². The average molecular weight is 331 g/mol. The topological polar surface area (TPSA) is 38.1 Å². The van der Waals surface area contributed by atoms with E-state index in [0.29, 0.717) is 12.3 Å². The fourth-order valence-electron chi connectivity index (χ4n) is 3.25. The first-order valence-corrected chi connectivity index (χ1v) is 9.47. The summed E-state index contributed by atoms with van der Waals surface area (Å²) in [4.78, 5) is 15.7. The van der Waals surface area contributed by atoms with E-state index in [-0.39, 0.29) is 0 Å². The third-order valence-corrected chi connectivity index (χ3v) is 5.62. The highest BCUT2D eigenvalue weighted by Crippen LogP contribution is 2.22. The maximum Gasteiger partial charge on any atom is 0.222 e. The Kier molecular flexibility index (Phi) is 5.86. The Morgan fingerprint density at radius 3 is 2.87 bits per heavy atom. The van der Waals surface area contributed by atoms with Crippen molar-refractivity contribution in [3.63, 3.8) is 0 Å². The number of likely N-dealkylation sites (tertiary alicyclic amines) is 1. The fraction of sp³-hybridized carbons (Fsp3) is 0.556. The number of amides is 1. The monoisotopic (exact) mass is 331 g/mol. The molecule has 0 aliphatic carbocycles. The average Bonchev–Trinajstić information content (AvgIpc) is 3.27. The van der Waals surface area contributed by atoms with Crippen molar-refractivity contribution in [3.8, 4) is 0 Å². The Labute approximate surface area is 142 Å². The van der Waals surface area contributed by atoms with Crippen LogP contribution in [0, 0.1) is 5.92 Å². The molecule has 0 N–H and O–H groups in total. The second-order valence-corrected chi connectivity index (χ2v) is 7.35. The van der Waals surface area contributed by atoms with Crippen LogP contribution in [0.15, 0.2) is 36.0 Å². The first-order valence-electron chi connectivity index (χ1n) is 8.59. The van der Waals surface area contributed by atoms with Crippen LogP contribution in [-0.4, -0.2) is 33.7 Å². The minimum absolute atomic E-state index is 0.340. The van der Waals surface area contributed by atoms with Crippen molar-refractivity contribution in [1.82, 2.24) is 14.7 Å². The van der Waals surface area contributed by atoms with Gasteiger partial charge in [0.1, 0.15) is 0 Å². The minimum atomic E-state index is 0.340. The summed E-state index contributed by atoms with van der Waals surface area (Å²) >= 11 is 1.78. The molecule has 0 radical (unpaired) electrons. The molecular weight excluding hydrogens is 306 g/mol. The van der Waals surface area contributed by atoms with Gasteiger partial charge in [0.15, 0.2) is 0 Å². The summed E-state index contributed by atoms with van der Waals surface area (Å²) in [5.74, 6) is 1.07. The van der Waals surface area contributed by atoms with Crippen LogP contribution in [0.4, 0.5) is 0 Å². The van der Waals surface area contributed by atoms with Gasteiger partial charge in [-0.05, 0) is 55.5 Å². The van der Waals surface area contributed by atoms with Gasteiger partial charge in [-0.2, -0.15) is 5.10 Å². The first kappa shape index (κ1) is 16.2. The minimum Gasteiger partial charge on any atom is -0.343 e. The molecule has 1 saturated heterocycles. The van der Waals surface area contributed by atoms with E-state index in [4.69, 9.17) is 0 Å². The van der Waals surface area contributed by atoms with Gasteiger partial charge in [-0.25, -0.2) is 0 Å². The number of aryl methyl sites for hydroxylation is 2. The lowest BCUT2D eigenvalue weighted by atomic mass is 9.93. The molecule has 2 aromatic heterocycles. The molecule has 5 heteroatoms. The molecule has 1 amide bonds. The Hall–Kier alpha value is -1.62. The second-order valence-electron chi connectivity index (χ2n) is 6.31. The number of carbonyl (C=O) groups excluding carboxylic acids is 1. The highest BCUT2D eigenvalue weighted by Gasteiger charge is 2.22. The van der Waals surface area contributed by atoms with Crippen LogP contribution in [-0.2, 0) is 17.8 Å². The lowest BCUT2D eigenvalue weighted by molar-refractivity contribution is -0.132. The van der Waals surface area contributed by atoms with Gasteiger partial charge in [0.2, 0.25) is 5.91 Å². The van der Waals surface area contributed by atoms with Gasteiger partial charge in [-0.3, -0.25) is 9.48 Å². The van der Waals surface area contributed by atoms with Gasteiger partial charge >= 0.3 is 0 Å². The zero-order valence-corrected chi connectivity index (χ0v) is 14.4. The zero-order valence-electron chi connectivity index (χ0n) is 13.6. The number of rotatable bonds is 7. The number of hydrogen-bond acceptors (Lipinski definition) is 3. The van der Waals surface area contributed by atoms with E-state index in [1.54, 1.807) is 11.3 Å². The van der Waals surface area contributed by atoms with Gasteiger partial charge < -0.3 is 4.90 Å². The maximum absolute atomic E-state index is 12.3. The molecule has 0 spiro atoms. The summed E-state index contributed by atoms with van der Waals surface area (Å²) < 4.78 is 2.00. The largest absolute Gasteiger partial charge is 0.343 e. The van der Waals surface area contributed by atoms with Gasteiger partial charge in [0.25, 0.3) is 0 Å².